The van der Waals surface area contributed by atoms with Crippen LogP contribution in [0.15, 0.2) is 0 Å². The molecule has 0 N–H and O–H groups in total. The van der Waals surface area contributed by atoms with Crippen molar-refractivity contribution in [1.82, 2.24) is 0 Å². The summed E-state index contributed by atoms with van der Waals surface area (Å²) in [4.78, 5) is 51.8. The van der Waals surface area contributed by atoms with Crippen molar-refractivity contribution in [2.45, 2.75) is 117 Å². The summed E-state index contributed by atoms with van der Waals surface area (Å²) in [5, 5.41) is 0. The third-order valence-corrected chi connectivity index (χ3v) is 10.7. The minimum Gasteiger partial charge on any atom is -0.463 e. The second-order valence-corrected chi connectivity index (χ2v) is 13.8. The Bertz CT molecular complexity index is 996. The Morgan fingerprint density at radius 2 is 1.30 bits per heavy atom. The van der Waals surface area contributed by atoms with Crippen LogP contribution in [0.25, 0.3) is 0 Å². The largest absolute Gasteiger partial charge is 0.463 e. The first-order valence-electron chi connectivity index (χ1n) is 14.2. The van der Waals surface area contributed by atoms with Crippen LogP contribution >= 0.6 is 0 Å². The summed E-state index contributed by atoms with van der Waals surface area (Å²) in [6, 6.07) is 0. The second-order valence-electron chi connectivity index (χ2n) is 13.8. The summed E-state index contributed by atoms with van der Waals surface area (Å²) in [5.41, 5.74) is -0.530. The van der Waals surface area contributed by atoms with Gasteiger partial charge in [-0.2, -0.15) is 0 Å². The van der Waals surface area contributed by atoms with Crippen LogP contribution in [0.5, 0.6) is 0 Å². The smallest absolute Gasteiger partial charge is 0.317 e. The van der Waals surface area contributed by atoms with Gasteiger partial charge in [-0.05, 0) is 93.8 Å². The molecule has 0 radical (unpaired) electrons. The number of cyclic esters (lactones) is 2. The maximum atomic E-state index is 13.2. The van der Waals surface area contributed by atoms with Crippen LogP contribution in [0.1, 0.15) is 105 Å². The lowest BCUT2D eigenvalue weighted by Gasteiger charge is -2.46. The van der Waals surface area contributed by atoms with Crippen molar-refractivity contribution in [2.75, 3.05) is 13.2 Å². The molecule has 4 saturated carbocycles. The molecule has 8 heteroatoms. The molecule has 2 aliphatic heterocycles. The molecule has 0 aromatic heterocycles. The summed E-state index contributed by atoms with van der Waals surface area (Å²) in [6.07, 6.45) is 3.48. The van der Waals surface area contributed by atoms with Crippen LogP contribution in [-0.2, 0) is 38.1 Å². The quantitative estimate of drug-likeness (QED) is 0.134. The molecule has 0 spiro atoms. The fourth-order valence-electron chi connectivity index (χ4n) is 9.30. The minimum atomic E-state index is -0.541. The van der Waals surface area contributed by atoms with Gasteiger partial charge in [0.1, 0.15) is 18.3 Å². The number of rotatable bonds is 6. The highest BCUT2D eigenvalue weighted by Crippen LogP contribution is 2.68. The average molecular weight is 613 g/mol. The van der Waals surface area contributed by atoms with Crippen molar-refractivity contribution < 1.29 is 38.1 Å². The molecule has 8 nitrogen and oxygen atoms in total. The van der Waals surface area contributed by atoms with Crippen molar-refractivity contribution in [3.63, 3.8) is 0 Å². The van der Waals surface area contributed by atoms with E-state index in [1.807, 2.05) is 20.8 Å². The first-order chi connectivity index (χ1) is 17.4. The highest BCUT2D eigenvalue weighted by atomic mass is 16.6. The molecule has 4 bridgehead atoms. The van der Waals surface area contributed by atoms with Crippen molar-refractivity contribution in [2.24, 2.45) is 71.0 Å². The normalized spacial score (nSPS) is 41.2. The highest BCUT2D eigenvalue weighted by molar-refractivity contribution is 5.96. The molecular formula is C35H64O8. The molecule has 6 rings (SSSR count). The number of hydrogen-bond acceptors (Lipinski definition) is 8. The monoisotopic (exact) mass is 612 g/mol. The maximum Gasteiger partial charge on any atom is 0.317 e. The Labute approximate surface area is 262 Å². The fraction of sp³-hybridized carbons (Fsp3) is 0.886. The predicted octanol–water partition coefficient (Wildman–Crippen LogP) is 7.22. The molecule has 4 aliphatic carbocycles. The lowest BCUT2D eigenvalue weighted by atomic mass is 9.57. The van der Waals surface area contributed by atoms with E-state index in [0.717, 1.165) is 25.7 Å². The van der Waals surface area contributed by atoms with Gasteiger partial charge in [-0.25, -0.2) is 0 Å². The number of epoxide rings is 1. The molecule has 6 fully saturated rings. The minimum absolute atomic E-state index is 0. The molecule has 0 amide bonds. The van der Waals surface area contributed by atoms with Crippen LogP contribution in [-0.4, -0.2) is 48.8 Å². The third-order valence-electron chi connectivity index (χ3n) is 10.7. The van der Waals surface area contributed by atoms with Crippen LogP contribution in [0.2, 0.25) is 0 Å². The number of ether oxygens (including phenoxy) is 4. The third kappa shape index (κ3) is 6.99. The Morgan fingerprint density at radius 3 is 1.81 bits per heavy atom. The molecule has 13 unspecified atom stereocenters. The van der Waals surface area contributed by atoms with Gasteiger partial charge in [0, 0.05) is 0 Å². The van der Waals surface area contributed by atoms with Gasteiger partial charge in [-0.15, -0.1) is 0 Å². The first kappa shape index (κ1) is 41.0. The predicted molar refractivity (Wildman–Crippen MR) is 170 cm³/mol. The van der Waals surface area contributed by atoms with Crippen LogP contribution in [0.3, 0.4) is 0 Å². The van der Waals surface area contributed by atoms with Gasteiger partial charge < -0.3 is 18.9 Å². The summed E-state index contributed by atoms with van der Waals surface area (Å²) in [7, 11) is 0. The maximum absolute atomic E-state index is 13.2. The highest BCUT2D eigenvalue weighted by Gasteiger charge is 2.67. The van der Waals surface area contributed by atoms with E-state index < -0.39 is 29.4 Å². The van der Waals surface area contributed by atoms with Crippen LogP contribution in [0.4, 0.5) is 0 Å². The fourth-order valence-corrected chi connectivity index (χ4v) is 9.30. The Balaban J connectivity index is 0.00000294. The van der Waals surface area contributed by atoms with E-state index in [1.165, 1.54) is 0 Å². The zero-order valence-corrected chi connectivity index (χ0v) is 22.5. The molecule has 13 atom stereocenters. The average Bonchev–Trinajstić information content (AvgIpc) is 3.10. The summed E-state index contributed by atoms with van der Waals surface area (Å²) in [5.74, 6) is -0.991. The number of esters is 4. The summed E-state index contributed by atoms with van der Waals surface area (Å²) >= 11 is 0. The zero-order chi connectivity index (χ0) is 26.4. The number of fused-ring (bicyclic) bond motifs is 4. The Morgan fingerprint density at radius 1 is 0.767 bits per heavy atom. The molecule has 2 saturated heterocycles. The van der Waals surface area contributed by atoms with Gasteiger partial charge in [0.05, 0.1) is 30.3 Å². The van der Waals surface area contributed by atoms with Gasteiger partial charge in [-0.1, -0.05) is 58.4 Å². The Hall–Kier alpha value is -1.96. The van der Waals surface area contributed by atoms with E-state index in [1.54, 1.807) is 6.92 Å². The number of hydrogen-bond donors (Lipinski definition) is 0. The molecular weight excluding hydrogens is 548 g/mol. The summed E-state index contributed by atoms with van der Waals surface area (Å²) in [6.45, 7) is 10.7. The van der Waals surface area contributed by atoms with Gasteiger partial charge >= 0.3 is 23.9 Å². The molecule has 252 valence electrons. The number of carbonyl (C=O) groups is 4. The number of carbonyl (C=O) groups excluding carboxylic acids is 4. The lowest BCUT2D eigenvalue weighted by Crippen LogP contribution is -2.47. The topological polar surface area (TPSA) is 109 Å². The van der Waals surface area contributed by atoms with E-state index in [2.05, 4.69) is 6.92 Å². The molecule has 43 heavy (non-hydrogen) atoms. The van der Waals surface area contributed by atoms with E-state index in [0.29, 0.717) is 18.4 Å². The van der Waals surface area contributed by atoms with E-state index in [9.17, 15) is 19.2 Å². The molecule has 6 aliphatic rings. The van der Waals surface area contributed by atoms with E-state index >= 15 is 0 Å². The molecule has 0 aromatic carbocycles. The standard InChI is InChI=1S/C29H40O8.6CH4/c1-12-14-6-17(20(7-14)27(32)37-29(3,4)5)21(12)23-15-8-18(19(9-15)26(31)35-11-16-10-34-16)24(23)22-13(2)25(30)36-28(22)33;;;;;;/h12-24H,6-11H2,1-5H3;6*1H4. The van der Waals surface area contributed by atoms with Crippen molar-refractivity contribution in [3.05, 3.63) is 0 Å². The summed E-state index contributed by atoms with van der Waals surface area (Å²) < 4.78 is 21.7. The SMILES string of the molecule is C.C.C.C.C.C.CC1C(=O)OC(=O)C1C1C2CC(CC2C(=O)OCC2CO2)C1C1C(C)C2CC(C(=O)OC(C)(C)C)C1C2. The zero-order valence-electron chi connectivity index (χ0n) is 22.5. The Kier molecular flexibility index (Phi) is 13.8. The molecule has 2 heterocycles. The van der Waals surface area contributed by atoms with Crippen molar-refractivity contribution in [1.29, 1.82) is 0 Å². The first-order valence-corrected chi connectivity index (χ1v) is 14.2. The van der Waals surface area contributed by atoms with Crippen molar-refractivity contribution in [3.8, 4) is 0 Å². The molecule has 0 aromatic rings. The van der Waals surface area contributed by atoms with E-state index in [4.69, 9.17) is 18.9 Å². The van der Waals surface area contributed by atoms with Gasteiger partial charge in [0.2, 0.25) is 0 Å². The van der Waals surface area contributed by atoms with Crippen LogP contribution < -0.4 is 0 Å². The van der Waals surface area contributed by atoms with Crippen LogP contribution in [0, 0.1) is 71.0 Å². The van der Waals surface area contributed by atoms with E-state index in [-0.39, 0.29) is 117 Å². The second kappa shape index (κ2) is 14.4. The van der Waals surface area contributed by atoms with Gasteiger partial charge in [0.15, 0.2) is 0 Å². The van der Waals surface area contributed by atoms with Gasteiger partial charge in [0.25, 0.3) is 0 Å². The van der Waals surface area contributed by atoms with Gasteiger partial charge in [-0.3, -0.25) is 19.2 Å². The lowest BCUT2D eigenvalue weighted by molar-refractivity contribution is -0.165. The van der Waals surface area contributed by atoms with Crippen molar-refractivity contribution >= 4 is 23.9 Å².